The van der Waals surface area contributed by atoms with Crippen LogP contribution in [0.2, 0.25) is 5.02 Å². The summed E-state index contributed by atoms with van der Waals surface area (Å²) >= 11 is 6.25. The van der Waals surface area contributed by atoms with Crippen molar-refractivity contribution in [2.75, 3.05) is 6.54 Å². The Balaban J connectivity index is 2.05. The van der Waals surface area contributed by atoms with E-state index in [1.54, 1.807) is 0 Å². The number of hydrogen-bond acceptors (Lipinski definition) is 1. The number of nitrogens with one attached hydrogen (secondary N) is 1. The highest BCUT2D eigenvalue weighted by atomic mass is 35.5. The van der Waals surface area contributed by atoms with E-state index in [4.69, 9.17) is 11.6 Å². The van der Waals surface area contributed by atoms with E-state index in [2.05, 4.69) is 38.2 Å². The van der Waals surface area contributed by atoms with Gasteiger partial charge in [0.2, 0.25) is 0 Å². The first kappa shape index (κ1) is 16.8. The first-order valence-electron chi connectivity index (χ1n) is 8.61. The van der Waals surface area contributed by atoms with Crippen molar-refractivity contribution >= 4 is 11.6 Å². The average molecular weight is 308 g/mol. The Labute approximate surface area is 135 Å². The summed E-state index contributed by atoms with van der Waals surface area (Å²) in [6, 6.07) is 4.89. The van der Waals surface area contributed by atoms with Crippen molar-refractivity contribution in [2.24, 2.45) is 5.92 Å². The fourth-order valence-corrected chi connectivity index (χ4v) is 3.89. The summed E-state index contributed by atoms with van der Waals surface area (Å²) in [6.45, 7) is 7.52. The van der Waals surface area contributed by atoms with Crippen LogP contribution in [0.5, 0.6) is 0 Å². The van der Waals surface area contributed by atoms with Crippen LogP contribution in [0.3, 0.4) is 0 Å². The number of benzene rings is 1. The van der Waals surface area contributed by atoms with Crippen molar-refractivity contribution in [3.05, 3.63) is 33.8 Å². The van der Waals surface area contributed by atoms with Crippen molar-refractivity contribution in [3.63, 3.8) is 0 Å². The molecule has 1 nitrogen and oxygen atoms in total. The van der Waals surface area contributed by atoms with Crippen molar-refractivity contribution in [3.8, 4) is 0 Å². The van der Waals surface area contributed by atoms with Gasteiger partial charge in [0.25, 0.3) is 0 Å². The van der Waals surface area contributed by atoms with Crippen molar-refractivity contribution < 1.29 is 0 Å². The number of halogens is 1. The van der Waals surface area contributed by atoms with Crippen LogP contribution in [0.15, 0.2) is 12.1 Å². The van der Waals surface area contributed by atoms with E-state index in [1.165, 1.54) is 61.6 Å². The molecule has 0 amide bonds. The van der Waals surface area contributed by atoms with Crippen LogP contribution in [0.25, 0.3) is 0 Å². The van der Waals surface area contributed by atoms with Crippen LogP contribution in [0, 0.1) is 19.8 Å². The van der Waals surface area contributed by atoms with Crippen LogP contribution in [-0.2, 0) is 0 Å². The summed E-state index contributed by atoms with van der Waals surface area (Å²) in [5.74, 6) is 0.952. The highest BCUT2D eigenvalue weighted by Crippen LogP contribution is 2.32. The smallest absolute Gasteiger partial charge is 0.0438 e. The molecule has 0 heterocycles. The lowest BCUT2D eigenvalue weighted by molar-refractivity contribution is 0.315. The van der Waals surface area contributed by atoms with Gasteiger partial charge in [-0.2, -0.15) is 0 Å². The summed E-state index contributed by atoms with van der Waals surface area (Å²) in [5.41, 5.74) is 3.95. The molecule has 1 aromatic carbocycles. The summed E-state index contributed by atoms with van der Waals surface area (Å²) in [4.78, 5) is 0. The first-order chi connectivity index (χ1) is 10.1. The number of aryl methyl sites for hydroxylation is 2. The average Bonchev–Trinajstić information content (AvgIpc) is 2.48. The molecule has 0 saturated heterocycles. The quantitative estimate of drug-likeness (QED) is 0.683. The van der Waals surface area contributed by atoms with Gasteiger partial charge >= 0.3 is 0 Å². The Hall–Kier alpha value is -0.530. The maximum Gasteiger partial charge on any atom is 0.0438 e. The largest absolute Gasteiger partial charge is 0.310 e. The van der Waals surface area contributed by atoms with Crippen LogP contribution in [0.1, 0.15) is 74.6 Å². The molecule has 1 unspecified atom stereocenters. The third kappa shape index (κ3) is 4.72. The molecule has 1 atom stereocenters. The van der Waals surface area contributed by atoms with Gasteiger partial charge in [-0.15, -0.1) is 0 Å². The summed E-state index contributed by atoms with van der Waals surface area (Å²) in [7, 11) is 0. The Bertz CT molecular complexity index is 449. The fourth-order valence-electron chi connectivity index (χ4n) is 3.67. The van der Waals surface area contributed by atoms with Gasteiger partial charge in [-0.1, -0.05) is 56.7 Å². The fraction of sp³-hybridized carbons (Fsp3) is 0.684. The molecule has 1 aliphatic rings. The molecule has 1 aliphatic carbocycles. The SMILES string of the molecule is CCNC(CCC1CCCCC1)c1cc(C)c(Cl)cc1C. The summed E-state index contributed by atoms with van der Waals surface area (Å²) in [6.07, 6.45) is 9.82. The molecule has 0 radical (unpaired) electrons. The molecule has 21 heavy (non-hydrogen) atoms. The highest BCUT2D eigenvalue weighted by molar-refractivity contribution is 6.31. The van der Waals surface area contributed by atoms with Crippen LogP contribution in [0.4, 0.5) is 0 Å². The zero-order chi connectivity index (χ0) is 15.2. The topological polar surface area (TPSA) is 12.0 Å². The molecule has 1 N–H and O–H groups in total. The van der Waals surface area contributed by atoms with Crippen LogP contribution in [-0.4, -0.2) is 6.54 Å². The Morgan fingerprint density at radius 1 is 1.14 bits per heavy atom. The molecular formula is C19H30ClN. The first-order valence-corrected chi connectivity index (χ1v) is 8.99. The third-order valence-corrected chi connectivity index (χ3v) is 5.37. The monoisotopic (exact) mass is 307 g/mol. The molecule has 0 aliphatic heterocycles. The zero-order valence-electron chi connectivity index (χ0n) is 13.8. The second-order valence-electron chi connectivity index (χ2n) is 6.65. The van der Waals surface area contributed by atoms with Gasteiger partial charge in [-0.3, -0.25) is 0 Å². The van der Waals surface area contributed by atoms with Gasteiger partial charge in [0.1, 0.15) is 0 Å². The summed E-state index contributed by atoms with van der Waals surface area (Å²) in [5, 5.41) is 4.57. The zero-order valence-corrected chi connectivity index (χ0v) is 14.6. The van der Waals surface area contributed by atoms with Gasteiger partial charge in [0.15, 0.2) is 0 Å². The predicted molar refractivity (Wildman–Crippen MR) is 93.2 cm³/mol. The molecule has 1 fully saturated rings. The van der Waals surface area contributed by atoms with E-state index in [0.717, 1.165) is 17.5 Å². The van der Waals surface area contributed by atoms with E-state index in [0.29, 0.717) is 6.04 Å². The van der Waals surface area contributed by atoms with E-state index in [9.17, 15) is 0 Å². The van der Waals surface area contributed by atoms with Crippen LogP contribution >= 0.6 is 11.6 Å². The van der Waals surface area contributed by atoms with Gasteiger partial charge < -0.3 is 5.32 Å². The third-order valence-electron chi connectivity index (χ3n) is 4.96. The van der Waals surface area contributed by atoms with Gasteiger partial charge in [-0.05, 0) is 61.9 Å². The minimum absolute atomic E-state index is 0.480. The molecule has 0 bridgehead atoms. The Morgan fingerprint density at radius 3 is 2.52 bits per heavy atom. The van der Waals surface area contributed by atoms with Crippen LogP contribution < -0.4 is 5.32 Å². The lowest BCUT2D eigenvalue weighted by Crippen LogP contribution is -2.23. The van der Waals surface area contributed by atoms with Gasteiger partial charge in [-0.25, -0.2) is 0 Å². The minimum atomic E-state index is 0.480. The predicted octanol–water partition coefficient (Wildman–Crippen LogP) is 5.97. The highest BCUT2D eigenvalue weighted by Gasteiger charge is 2.18. The minimum Gasteiger partial charge on any atom is -0.310 e. The van der Waals surface area contributed by atoms with E-state index < -0.39 is 0 Å². The maximum atomic E-state index is 6.25. The van der Waals surface area contributed by atoms with Crippen molar-refractivity contribution in [1.82, 2.24) is 5.32 Å². The number of rotatable bonds is 6. The molecule has 1 aromatic rings. The molecule has 2 heteroatoms. The van der Waals surface area contributed by atoms with E-state index in [-0.39, 0.29) is 0 Å². The summed E-state index contributed by atoms with van der Waals surface area (Å²) < 4.78 is 0. The van der Waals surface area contributed by atoms with Crippen molar-refractivity contribution in [1.29, 1.82) is 0 Å². The number of hydrogen-bond donors (Lipinski definition) is 1. The van der Waals surface area contributed by atoms with Gasteiger partial charge in [0, 0.05) is 11.1 Å². The molecular weight excluding hydrogens is 278 g/mol. The molecule has 0 spiro atoms. The Kier molecular flexibility index (Phi) is 6.57. The molecule has 0 aromatic heterocycles. The van der Waals surface area contributed by atoms with Gasteiger partial charge in [0.05, 0.1) is 0 Å². The van der Waals surface area contributed by atoms with E-state index >= 15 is 0 Å². The van der Waals surface area contributed by atoms with Crippen molar-refractivity contribution in [2.45, 2.75) is 71.8 Å². The normalized spacial score (nSPS) is 17.9. The molecule has 2 rings (SSSR count). The maximum absolute atomic E-state index is 6.25. The second kappa shape index (κ2) is 8.19. The standard InChI is InChI=1S/C19H30ClN/c1-4-21-19(11-10-16-8-6-5-7-9-16)17-12-15(3)18(20)13-14(17)2/h12-13,16,19,21H,4-11H2,1-3H3. The second-order valence-corrected chi connectivity index (χ2v) is 7.06. The Morgan fingerprint density at radius 2 is 1.86 bits per heavy atom. The lowest BCUT2D eigenvalue weighted by atomic mass is 9.84. The van der Waals surface area contributed by atoms with E-state index in [1.807, 2.05) is 0 Å². The lowest BCUT2D eigenvalue weighted by Gasteiger charge is -2.26. The molecule has 118 valence electrons. The molecule has 1 saturated carbocycles.